The van der Waals surface area contributed by atoms with Crippen LogP contribution in [-0.4, -0.2) is 15.1 Å². The van der Waals surface area contributed by atoms with E-state index in [4.69, 9.17) is 0 Å². The Morgan fingerprint density at radius 1 is 1.14 bits per heavy atom. The molecule has 0 radical (unpaired) electrons. The third-order valence-electron chi connectivity index (χ3n) is 2.95. The summed E-state index contributed by atoms with van der Waals surface area (Å²) >= 11 is 0. The van der Waals surface area contributed by atoms with Gasteiger partial charge in [0, 0.05) is 17.3 Å². The van der Waals surface area contributed by atoms with Gasteiger partial charge < -0.3 is 22.8 Å². The Bertz CT molecular complexity index is 756. The summed E-state index contributed by atoms with van der Waals surface area (Å²) < 4.78 is 0. The maximum absolute atomic E-state index is 9.39. The monoisotopic (exact) mass is 323 g/mol. The first kappa shape index (κ1) is 17.0. The molecule has 0 fully saturated rings. The largest absolute Gasteiger partial charge is 1.00 e. The second-order valence-corrected chi connectivity index (χ2v) is 4.38. The standard InChI is InChI=1S/C15H13N3O.2ClH/c1-10-8-12(19)6-7-13(10)17-15-16-9-11-4-2-3-5-14(11)18-15;;/h2-9,19H,1H3,(H,16,17,18);2*1H. The van der Waals surface area contributed by atoms with Gasteiger partial charge in [-0.25, -0.2) is 9.97 Å². The number of para-hydroxylation sites is 1. The van der Waals surface area contributed by atoms with Gasteiger partial charge in [-0.2, -0.15) is 0 Å². The van der Waals surface area contributed by atoms with Gasteiger partial charge >= 0.3 is 1.43 Å². The number of hydrogen-bond acceptors (Lipinski definition) is 4. The Labute approximate surface area is 136 Å². The number of hydrogen-bond donors (Lipinski definition) is 2. The lowest BCUT2D eigenvalue weighted by Gasteiger charge is -2.08. The zero-order valence-electron chi connectivity index (χ0n) is 12.2. The Morgan fingerprint density at radius 2 is 1.90 bits per heavy atom. The molecule has 0 saturated carbocycles. The molecular formula is C15H15Cl2N3O. The summed E-state index contributed by atoms with van der Waals surface area (Å²) in [6.07, 6.45) is 1.79. The highest BCUT2D eigenvalue weighted by Gasteiger charge is 2.03. The van der Waals surface area contributed by atoms with Crippen molar-refractivity contribution < 1.29 is 18.9 Å². The predicted molar refractivity (Wildman–Crippen MR) is 84.0 cm³/mol. The van der Waals surface area contributed by atoms with Crippen LogP contribution in [0.25, 0.3) is 10.9 Å². The molecule has 3 aromatic rings. The molecule has 2 aromatic carbocycles. The van der Waals surface area contributed by atoms with Gasteiger partial charge in [-0.1, -0.05) is 18.2 Å². The number of phenols is 1. The number of aryl methyl sites for hydroxylation is 1. The van der Waals surface area contributed by atoms with Crippen molar-refractivity contribution in [2.75, 3.05) is 5.32 Å². The molecule has 0 amide bonds. The van der Waals surface area contributed by atoms with Crippen molar-refractivity contribution in [1.82, 2.24) is 9.97 Å². The van der Waals surface area contributed by atoms with Gasteiger partial charge in [-0.15, -0.1) is 12.4 Å². The van der Waals surface area contributed by atoms with E-state index in [9.17, 15) is 5.11 Å². The maximum atomic E-state index is 9.39. The summed E-state index contributed by atoms with van der Waals surface area (Å²) in [6.45, 7) is 1.92. The highest BCUT2D eigenvalue weighted by Crippen LogP contribution is 2.23. The van der Waals surface area contributed by atoms with E-state index >= 15 is 0 Å². The van der Waals surface area contributed by atoms with Gasteiger partial charge in [0.15, 0.2) is 0 Å². The fraction of sp³-hybridized carbons (Fsp3) is 0.0667. The Kier molecular flexibility index (Phi) is 5.76. The highest BCUT2D eigenvalue weighted by molar-refractivity contribution is 5.85. The van der Waals surface area contributed by atoms with Gasteiger partial charge in [0.1, 0.15) is 5.75 Å². The molecule has 0 atom stereocenters. The van der Waals surface area contributed by atoms with E-state index in [2.05, 4.69) is 15.3 Å². The molecular weight excluding hydrogens is 309 g/mol. The minimum Gasteiger partial charge on any atom is -1.00 e. The van der Waals surface area contributed by atoms with Gasteiger partial charge in [0.25, 0.3) is 0 Å². The molecule has 1 aromatic heterocycles. The summed E-state index contributed by atoms with van der Waals surface area (Å²) in [5.74, 6) is 0.801. The van der Waals surface area contributed by atoms with Crippen molar-refractivity contribution in [2.45, 2.75) is 6.92 Å². The lowest BCUT2D eigenvalue weighted by molar-refractivity contribution is -0.00000520. The number of halogens is 2. The van der Waals surface area contributed by atoms with Gasteiger partial charge in [-0.05, 0) is 36.8 Å². The molecule has 21 heavy (non-hydrogen) atoms. The van der Waals surface area contributed by atoms with Gasteiger partial charge in [0.05, 0.1) is 5.52 Å². The quantitative estimate of drug-likeness (QED) is 0.689. The van der Waals surface area contributed by atoms with Crippen LogP contribution in [0.2, 0.25) is 0 Å². The minimum atomic E-state index is 0. The first-order valence-electron chi connectivity index (χ1n) is 6.01. The van der Waals surface area contributed by atoms with E-state index in [1.807, 2.05) is 37.3 Å². The Balaban J connectivity index is 0.00000147. The van der Waals surface area contributed by atoms with Crippen LogP contribution in [0.15, 0.2) is 48.7 Å². The molecule has 6 heteroatoms. The molecule has 0 unspecified atom stereocenters. The zero-order valence-corrected chi connectivity index (χ0v) is 12.8. The number of aromatic hydroxyl groups is 1. The molecule has 0 aliphatic heterocycles. The average Bonchev–Trinajstić information content (AvgIpc) is 2.42. The maximum Gasteiger partial charge on any atom is 1.00 e. The first-order valence-corrected chi connectivity index (χ1v) is 6.01. The van der Waals surface area contributed by atoms with E-state index in [1.165, 1.54) is 0 Å². The van der Waals surface area contributed by atoms with Gasteiger partial charge in [-0.3, -0.25) is 0 Å². The molecule has 0 saturated heterocycles. The van der Waals surface area contributed by atoms with Crippen molar-refractivity contribution in [2.24, 2.45) is 0 Å². The second-order valence-electron chi connectivity index (χ2n) is 4.38. The average molecular weight is 324 g/mol. The van der Waals surface area contributed by atoms with Crippen LogP contribution < -0.4 is 17.7 Å². The van der Waals surface area contributed by atoms with Crippen molar-refractivity contribution in [3.8, 4) is 5.75 Å². The lowest BCUT2D eigenvalue weighted by Crippen LogP contribution is -3.00. The van der Waals surface area contributed by atoms with Crippen LogP contribution in [0, 0.1) is 6.92 Å². The van der Waals surface area contributed by atoms with Crippen molar-refractivity contribution in [1.29, 1.82) is 0 Å². The fourth-order valence-corrected chi connectivity index (χ4v) is 1.94. The smallest absolute Gasteiger partial charge is 1.00 e. The third kappa shape index (κ3) is 3.74. The second kappa shape index (κ2) is 7.11. The number of benzene rings is 2. The van der Waals surface area contributed by atoms with Crippen molar-refractivity contribution >= 4 is 34.9 Å². The van der Waals surface area contributed by atoms with E-state index < -0.39 is 0 Å². The van der Waals surface area contributed by atoms with Crippen LogP contribution in [0.4, 0.5) is 11.6 Å². The SMILES string of the molecule is Cc1cc(O)ccc1Nc1ncc2ccccc2n1.Cl.[Cl-].[H+]. The molecule has 4 nitrogen and oxygen atoms in total. The molecule has 0 aliphatic carbocycles. The molecule has 1 heterocycles. The van der Waals surface area contributed by atoms with E-state index in [0.717, 1.165) is 22.2 Å². The topological polar surface area (TPSA) is 58.0 Å². The van der Waals surface area contributed by atoms with Crippen LogP contribution in [0.5, 0.6) is 5.75 Å². The lowest BCUT2D eigenvalue weighted by atomic mass is 10.2. The number of aromatic nitrogens is 2. The molecule has 0 aliphatic rings. The summed E-state index contributed by atoms with van der Waals surface area (Å²) in [5.41, 5.74) is 2.72. The Morgan fingerprint density at radius 3 is 2.67 bits per heavy atom. The molecule has 110 valence electrons. The first-order chi connectivity index (χ1) is 9.22. The highest BCUT2D eigenvalue weighted by atomic mass is 35.5. The van der Waals surface area contributed by atoms with Gasteiger partial charge in [0.2, 0.25) is 5.95 Å². The van der Waals surface area contributed by atoms with Crippen LogP contribution >= 0.6 is 12.4 Å². The van der Waals surface area contributed by atoms with E-state index in [1.54, 1.807) is 18.3 Å². The minimum absolute atomic E-state index is 0. The van der Waals surface area contributed by atoms with Crippen LogP contribution in [0.1, 0.15) is 6.99 Å². The summed E-state index contributed by atoms with van der Waals surface area (Å²) in [7, 11) is 0. The van der Waals surface area contributed by atoms with Crippen LogP contribution in [-0.2, 0) is 0 Å². The van der Waals surface area contributed by atoms with E-state index in [-0.39, 0.29) is 32.0 Å². The molecule has 2 N–H and O–H groups in total. The normalized spacial score (nSPS) is 9.57. The molecule has 3 rings (SSSR count). The fourth-order valence-electron chi connectivity index (χ4n) is 1.94. The number of nitrogens with one attached hydrogen (secondary N) is 1. The number of nitrogens with zero attached hydrogens (tertiary/aromatic N) is 2. The summed E-state index contributed by atoms with van der Waals surface area (Å²) in [4.78, 5) is 8.73. The summed E-state index contributed by atoms with van der Waals surface area (Å²) in [6, 6.07) is 13.0. The molecule has 0 bridgehead atoms. The number of rotatable bonds is 2. The number of fused-ring (bicyclic) bond motifs is 1. The van der Waals surface area contributed by atoms with Crippen molar-refractivity contribution in [3.63, 3.8) is 0 Å². The van der Waals surface area contributed by atoms with Crippen molar-refractivity contribution in [3.05, 3.63) is 54.2 Å². The molecule has 0 spiro atoms. The predicted octanol–water partition coefficient (Wildman–Crippen LogP) is 0.926. The van der Waals surface area contributed by atoms with E-state index in [0.29, 0.717) is 5.95 Å². The Hall–Kier alpha value is -2.04. The number of phenolic OH excluding ortho intramolecular Hbond substituents is 1. The third-order valence-corrected chi connectivity index (χ3v) is 2.95. The zero-order chi connectivity index (χ0) is 13.2. The van der Waals surface area contributed by atoms with Crippen LogP contribution in [0.3, 0.4) is 0 Å². The number of anilines is 2. The summed E-state index contributed by atoms with van der Waals surface area (Å²) in [5, 5.41) is 13.6.